The summed E-state index contributed by atoms with van der Waals surface area (Å²) in [6.07, 6.45) is 3.64. The number of anilines is 1. The van der Waals surface area contributed by atoms with Crippen LogP contribution in [0.25, 0.3) is 33.2 Å². The molecule has 0 atom stereocenters. The standard InChI is InChI=1S/C28H27NO2S/c1-2-30-27-22(20-12-6-3-7-13-20)18-23-24(32)19-25(29-16-10-5-11-17-29)31-28(23)26(27)21-14-8-4-9-15-21/h3-4,6-9,12-15,18-19H,2,5,10-11,16-17H2,1H3. The highest BCUT2D eigenvalue weighted by Gasteiger charge is 2.22. The third-order valence-corrected chi connectivity index (χ3v) is 6.40. The van der Waals surface area contributed by atoms with Gasteiger partial charge in [-0.05, 0) is 43.4 Å². The molecule has 3 aromatic carbocycles. The van der Waals surface area contributed by atoms with Crippen LogP contribution < -0.4 is 9.64 Å². The zero-order valence-corrected chi connectivity index (χ0v) is 19.2. The van der Waals surface area contributed by atoms with Crippen molar-refractivity contribution in [2.45, 2.75) is 26.2 Å². The molecule has 3 nitrogen and oxygen atoms in total. The summed E-state index contributed by atoms with van der Waals surface area (Å²) in [5.41, 5.74) is 4.96. The van der Waals surface area contributed by atoms with Gasteiger partial charge in [-0.25, -0.2) is 0 Å². The average molecular weight is 442 g/mol. The Morgan fingerprint density at radius 1 is 0.875 bits per heavy atom. The lowest BCUT2D eigenvalue weighted by Crippen LogP contribution is -2.29. The van der Waals surface area contributed by atoms with Gasteiger partial charge in [-0.2, -0.15) is 0 Å². The molecule has 4 heteroatoms. The second kappa shape index (κ2) is 9.17. The maximum atomic E-state index is 6.62. The Hall–Kier alpha value is -3.11. The van der Waals surface area contributed by atoms with Crippen LogP contribution in [0.1, 0.15) is 26.2 Å². The van der Waals surface area contributed by atoms with Gasteiger partial charge in [-0.3, -0.25) is 0 Å². The molecule has 1 aliphatic heterocycles. The van der Waals surface area contributed by atoms with Crippen LogP contribution in [-0.2, 0) is 0 Å². The van der Waals surface area contributed by atoms with Crippen molar-refractivity contribution in [2.24, 2.45) is 0 Å². The molecule has 0 amide bonds. The molecule has 0 saturated carbocycles. The van der Waals surface area contributed by atoms with Gasteiger partial charge in [0.25, 0.3) is 0 Å². The summed E-state index contributed by atoms with van der Waals surface area (Å²) in [6, 6.07) is 24.9. The molecular weight excluding hydrogens is 414 g/mol. The van der Waals surface area contributed by atoms with Crippen molar-refractivity contribution in [2.75, 3.05) is 24.6 Å². The highest BCUT2D eigenvalue weighted by molar-refractivity contribution is 7.71. The Balaban J connectivity index is 1.85. The van der Waals surface area contributed by atoms with Gasteiger partial charge in [0.05, 0.1) is 16.7 Å². The van der Waals surface area contributed by atoms with Gasteiger partial charge in [-0.1, -0.05) is 72.9 Å². The number of benzene rings is 3. The second-order valence-electron chi connectivity index (χ2n) is 8.17. The van der Waals surface area contributed by atoms with Gasteiger partial charge in [0.1, 0.15) is 11.3 Å². The second-order valence-corrected chi connectivity index (χ2v) is 8.61. The van der Waals surface area contributed by atoms with Crippen molar-refractivity contribution in [3.63, 3.8) is 0 Å². The van der Waals surface area contributed by atoms with E-state index in [1.165, 1.54) is 19.3 Å². The van der Waals surface area contributed by atoms with Crippen LogP contribution in [0, 0.1) is 4.51 Å². The number of ether oxygens (including phenoxy) is 1. The predicted molar refractivity (Wildman–Crippen MR) is 135 cm³/mol. The molecule has 0 aliphatic carbocycles. The summed E-state index contributed by atoms with van der Waals surface area (Å²) in [6.45, 7) is 4.60. The van der Waals surface area contributed by atoms with E-state index in [4.69, 9.17) is 21.4 Å². The number of hydrogen-bond acceptors (Lipinski definition) is 4. The largest absolute Gasteiger partial charge is 0.492 e. The van der Waals surface area contributed by atoms with Crippen LogP contribution >= 0.6 is 12.2 Å². The Labute approximate surface area is 194 Å². The fraction of sp³-hybridized carbons (Fsp3) is 0.250. The quantitative estimate of drug-likeness (QED) is 0.294. The number of nitrogens with zero attached hydrogens (tertiary/aromatic N) is 1. The van der Waals surface area contributed by atoms with E-state index in [1.807, 2.05) is 25.1 Å². The maximum absolute atomic E-state index is 6.62. The van der Waals surface area contributed by atoms with Gasteiger partial charge in [-0.15, -0.1) is 0 Å². The lowest BCUT2D eigenvalue weighted by molar-refractivity contribution is 0.343. The summed E-state index contributed by atoms with van der Waals surface area (Å²) in [7, 11) is 0. The lowest BCUT2D eigenvalue weighted by Gasteiger charge is -2.28. The first-order valence-electron chi connectivity index (χ1n) is 11.4. The number of fused-ring (bicyclic) bond motifs is 1. The molecule has 0 N–H and O–H groups in total. The minimum absolute atomic E-state index is 0.567. The molecule has 0 radical (unpaired) electrons. The van der Waals surface area contributed by atoms with Crippen LogP contribution in [0.3, 0.4) is 0 Å². The van der Waals surface area contributed by atoms with E-state index >= 15 is 0 Å². The highest BCUT2D eigenvalue weighted by Crippen LogP contribution is 2.45. The topological polar surface area (TPSA) is 25.6 Å². The molecule has 0 unspecified atom stereocenters. The van der Waals surface area contributed by atoms with Crippen molar-refractivity contribution >= 4 is 29.1 Å². The highest BCUT2D eigenvalue weighted by atomic mass is 32.1. The minimum Gasteiger partial charge on any atom is -0.492 e. The summed E-state index contributed by atoms with van der Waals surface area (Å²) < 4.78 is 13.7. The average Bonchev–Trinajstić information content (AvgIpc) is 2.85. The summed E-state index contributed by atoms with van der Waals surface area (Å²) in [4.78, 5) is 2.32. The Morgan fingerprint density at radius 3 is 2.19 bits per heavy atom. The number of piperidine rings is 1. The minimum atomic E-state index is 0.567. The molecule has 1 fully saturated rings. The van der Waals surface area contributed by atoms with Gasteiger partial charge in [0.15, 0.2) is 5.88 Å². The van der Waals surface area contributed by atoms with E-state index in [-0.39, 0.29) is 0 Å². The zero-order chi connectivity index (χ0) is 21.9. The van der Waals surface area contributed by atoms with Crippen molar-refractivity contribution in [1.29, 1.82) is 0 Å². The van der Waals surface area contributed by atoms with Gasteiger partial charge < -0.3 is 14.1 Å². The third kappa shape index (κ3) is 3.91. The molecule has 1 saturated heterocycles. The van der Waals surface area contributed by atoms with Crippen LogP contribution in [0.15, 0.2) is 77.2 Å². The van der Waals surface area contributed by atoms with Gasteiger partial charge in [0.2, 0.25) is 0 Å². The van der Waals surface area contributed by atoms with Crippen LogP contribution in [0.4, 0.5) is 5.88 Å². The molecule has 2 heterocycles. The smallest absolute Gasteiger partial charge is 0.197 e. The van der Waals surface area contributed by atoms with E-state index in [9.17, 15) is 0 Å². The molecule has 0 bridgehead atoms. The van der Waals surface area contributed by atoms with E-state index in [1.54, 1.807) is 0 Å². The summed E-state index contributed by atoms with van der Waals surface area (Å²) >= 11 is 5.91. The van der Waals surface area contributed by atoms with E-state index < -0.39 is 0 Å². The first kappa shape index (κ1) is 20.8. The van der Waals surface area contributed by atoms with E-state index in [0.29, 0.717) is 6.61 Å². The molecule has 0 spiro atoms. The van der Waals surface area contributed by atoms with E-state index in [0.717, 1.165) is 62.5 Å². The van der Waals surface area contributed by atoms with Crippen LogP contribution in [0.5, 0.6) is 5.75 Å². The molecule has 5 rings (SSSR count). The molecule has 32 heavy (non-hydrogen) atoms. The molecule has 1 aromatic heterocycles. The Morgan fingerprint density at radius 2 is 1.53 bits per heavy atom. The molecular formula is C28H27NO2S. The fourth-order valence-corrected chi connectivity index (χ4v) is 4.78. The SMILES string of the molecule is CCOc1c(-c2ccccc2)cc2c(=S)cc(N3CCCCC3)oc2c1-c1ccccc1. The predicted octanol–water partition coefficient (Wildman–Crippen LogP) is 7.89. The molecule has 162 valence electrons. The van der Waals surface area contributed by atoms with Gasteiger partial charge in [0, 0.05) is 30.1 Å². The monoisotopic (exact) mass is 441 g/mol. The summed E-state index contributed by atoms with van der Waals surface area (Å²) in [5, 5.41) is 0.946. The van der Waals surface area contributed by atoms with Gasteiger partial charge >= 0.3 is 0 Å². The fourth-order valence-electron chi connectivity index (χ4n) is 4.52. The molecule has 4 aromatic rings. The van der Waals surface area contributed by atoms with Crippen LogP contribution in [-0.4, -0.2) is 19.7 Å². The normalized spacial score (nSPS) is 14.0. The number of hydrogen-bond donors (Lipinski definition) is 0. The first-order valence-corrected chi connectivity index (χ1v) is 11.8. The van der Waals surface area contributed by atoms with Crippen LogP contribution in [0.2, 0.25) is 0 Å². The van der Waals surface area contributed by atoms with Crippen molar-refractivity contribution < 1.29 is 9.15 Å². The van der Waals surface area contributed by atoms with Crippen molar-refractivity contribution in [3.8, 4) is 28.0 Å². The number of rotatable bonds is 5. The van der Waals surface area contributed by atoms with E-state index in [2.05, 4.69) is 59.5 Å². The zero-order valence-electron chi connectivity index (χ0n) is 18.3. The lowest BCUT2D eigenvalue weighted by atomic mass is 9.94. The molecule has 1 aliphatic rings. The third-order valence-electron chi connectivity index (χ3n) is 6.06. The Kier molecular flexibility index (Phi) is 5.95. The van der Waals surface area contributed by atoms with Crippen molar-refractivity contribution in [1.82, 2.24) is 0 Å². The Bertz CT molecular complexity index is 1280. The first-order chi connectivity index (χ1) is 15.8. The van der Waals surface area contributed by atoms with Crippen molar-refractivity contribution in [3.05, 3.63) is 77.3 Å². The summed E-state index contributed by atoms with van der Waals surface area (Å²) in [5.74, 6) is 1.70. The maximum Gasteiger partial charge on any atom is 0.197 e.